The largest absolute Gasteiger partial charge is 0.430 e. The number of amides is 1. The molecule has 0 bridgehead atoms. The van der Waals surface area contributed by atoms with E-state index in [-0.39, 0.29) is 16.0 Å². The third-order valence-electron chi connectivity index (χ3n) is 4.56. The van der Waals surface area contributed by atoms with Crippen LogP contribution in [0.3, 0.4) is 0 Å². The van der Waals surface area contributed by atoms with Crippen LogP contribution in [0.5, 0.6) is 0 Å². The minimum atomic E-state index is -6.08. The van der Waals surface area contributed by atoms with Crippen molar-refractivity contribution in [3.63, 3.8) is 0 Å². The van der Waals surface area contributed by atoms with Gasteiger partial charge in [0.25, 0.3) is 5.60 Å². The predicted octanol–water partition coefficient (Wildman–Crippen LogP) is 2.52. The van der Waals surface area contributed by atoms with Gasteiger partial charge in [-0.05, 0) is 24.2 Å². The second-order valence-corrected chi connectivity index (χ2v) is 8.26. The number of nitrogens with two attached hydrogens (primary N) is 1. The number of aliphatic hydroxyl groups is 1. The topological polar surface area (TPSA) is 109 Å². The van der Waals surface area contributed by atoms with E-state index >= 15 is 0 Å². The molecule has 0 fully saturated rings. The summed E-state index contributed by atoms with van der Waals surface area (Å²) in [6.45, 7) is 0. The van der Waals surface area contributed by atoms with Crippen LogP contribution in [0.1, 0.15) is 22.6 Å². The number of halogens is 6. The lowest BCUT2D eigenvalue weighted by Crippen LogP contribution is -2.53. The zero-order valence-electron chi connectivity index (χ0n) is 15.6. The van der Waals surface area contributed by atoms with Crippen LogP contribution in [0.15, 0.2) is 53.4 Å². The quantitative estimate of drug-likeness (QED) is 0.564. The second-order valence-electron chi connectivity index (χ2n) is 6.41. The third kappa shape index (κ3) is 4.38. The van der Waals surface area contributed by atoms with Crippen LogP contribution >= 0.6 is 0 Å². The number of hydrogen-bond acceptors (Lipinski definition) is 4. The van der Waals surface area contributed by atoms with Gasteiger partial charge in [0, 0.05) is 5.56 Å². The summed E-state index contributed by atoms with van der Waals surface area (Å²) in [5, 5.41) is 9.46. The molecular weight excluding hydrogens is 454 g/mol. The molecule has 6 nitrogen and oxygen atoms in total. The Labute approximate surface area is 172 Å². The van der Waals surface area contributed by atoms with E-state index < -0.39 is 45.4 Å². The lowest BCUT2D eigenvalue weighted by molar-refractivity contribution is -0.376. The molecule has 2 aromatic carbocycles. The Morgan fingerprint density at radius 3 is 1.87 bits per heavy atom. The molecule has 2 rings (SSSR count). The number of primary amides is 1. The predicted molar refractivity (Wildman–Crippen MR) is 96.2 cm³/mol. The van der Waals surface area contributed by atoms with E-state index in [4.69, 9.17) is 5.73 Å². The zero-order valence-corrected chi connectivity index (χ0v) is 16.4. The van der Waals surface area contributed by atoms with E-state index in [1.54, 1.807) is 0 Å². The molecule has 0 saturated carbocycles. The van der Waals surface area contributed by atoms with E-state index in [2.05, 4.69) is 0 Å². The number of rotatable bonds is 6. The maximum absolute atomic E-state index is 13.0. The number of carbonyl (C=O) groups excluding carboxylic acids is 1. The van der Waals surface area contributed by atoms with Gasteiger partial charge in [-0.3, -0.25) is 4.79 Å². The first-order valence-electron chi connectivity index (χ1n) is 8.36. The molecule has 0 aliphatic rings. The highest BCUT2D eigenvalue weighted by Gasteiger charge is 2.71. The number of alkyl halides is 6. The normalized spacial score (nSPS) is 14.3. The SMILES string of the molecule is CNS(=O)(=O)c1ccccc1C(C(N)=O)c1ccc(C(O)(C(F)(F)F)C(F)(F)F)cc1. The zero-order chi connectivity index (χ0) is 23.8. The molecule has 2 aromatic rings. The summed E-state index contributed by atoms with van der Waals surface area (Å²) in [4.78, 5) is 11.7. The fourth-order valence-electron chi connectivity index (χ4n) is 2.98. The van der Waals surface area contributed by atoms with Crippen molar-refractivity contribution in [1.29, 1.82) is 0 Å². The average molecular weight is 470 g/mol. The summed E-state index contributed by atoms with van der Waals surface area (Å²) in [5.41, 5.74) is -1.64. The number of hydrogen-bond donors (Lipinski definition) is 3. The standard InChI is InChI=1S/C18H16F6N2O4S/c1-26-31(29,30)13-5-3-2-4-12(13)14(15(25)27)10-6-8-11(9-7-10)16(28,17(19,20)21)18(22,23)24/h2-9,14,26,28H,1H3,(H2,25,27). The van der Waals surface area contributed by atoms with Gasteiger partial charge in [-0.1, -0.05) is 42.5 Å². The lowest BCUT2D eigenvalue weighted by atomic mass is 9.87. The van der Waals surface area contributed by atoms with Gasteiger partial charge >= 0.3 is 12.4 Å². The molecule has 0 aliphatic heterocycles. The minimum Gasteiger partial charge on any atom is -0.369 e. The first kappa shape index (κ1) is 24.6. The van der Waals surface area contributed by atoms with Gasteiger partial charge in [0.05, 0.1) is 10.8 Å². The number of sulfonamides is 1. The molecule has 170 valence electrons. The Kier molecular flexibility index (Phi) is 6.46. The van der Waals surface area contributed by atoms with Gasteiger partial charge in [0.15, 0.2) is 0 Å². The van der Waals surface area contributed by atoms with Crippen molar-refractivity contribution in [3.05, 3.63) is 65.2 Å². The van der Waals surface area contributed by atoms with Crippen molar-refractivity contribution in [1.82, 2.24) is 4.72 Å². The van der Waals surface area contributed by atoms with Crippen molar-refractivity contribution in [2.24, 2.45) is 5.73 Å². The highest BCUT2D eigenvalue weighted by molar-refractivity contribution is 7.89. The summed E-state index contributed by atoms with van der Waals surface area (Å²) in [5.74, 6) is -2.62. The molecule has 1 amide bonds. The Morgan fingerprint density at radius 1 is 0.968 bits per heavy atom. The van der Waals surface area contributed by atoms with E-state index in [0.717, 1.165) is 25.2 Å². The Bertz CT molecular complexity index is 1050. The molecule has 0 heterocycles. The molecule has 31 heavy (non-hydrogen) atoms. The molecule has 13 heteroatoms. The maximum atomic E-state index is 13.0. The van der Waals surface area contributed by atoms with Crippen LogP contribution in [-0.4, -0.2) is 38.8 Å². The molecule has 0 saturated heterocycles. The molecule has 4 N–H and O–H groups in total. The van der Waals surface area contributed by atoms with E-state index in [0.29, 0.717) is 12.1 Å². The Hall–Kier alpha value is -2.64. The molecule has 1 atom stereocenters. The van der Waals surface area contributed by atoms with Gasteiger partial charge < -0.3 is 10.8 Å². The second kappa shape index (κ2) is 8.13. The van der Waals surface area contributed by atoms with Crippen molar-refractivity contribution in [2.75, 3.05) is 7.05 Å². The summed E-state index contributed by atoms with van der Waals surface area (Å²) >= 11 is 0. The third-order valence-corrected chi connectivity index (χ3v) is 6.04. The molecule has 0 aliphatic carbocycles. The summed E-state index contributed by atoms with van der Waals surface area (Å²) in [7, 11) is -2.97. The van der Waals surface area contributed by atoms with Crippen LogP contribution in [0.4, 0.5) is 26.3 Å². The van der Waals surface area contributed by atoms with Crippen molar-refractivity contribution >= 4 is 15.9 Å². The fraction of sp³-hybridized carbons (Fsp3) is 0.278. The van der Waals surface area contributed by atoms with Crippen LogP contribution in [0.2, 0.25) is 0 Å². The molecular formula is C18H16F6N2O4S. The van der Waals surface area contributed by atoms with Crippen LogP contribution in [0.25, 0.3) is 0 Å². The van der Waals surface area contributed by atoms with Crippen LogP contribution in [-0.2, 0) is 20.4 Å². The van der Waals surface area contributed by atoms with Gasteiger partial charge in [-0.2, -0.15) is 26.3 Å². The van der Waals surface area contributed by atoms with Gasteiger partial charge in [-0.25, -0.2) is 13.1 Å². The summed E-state index contributed by atoms with van der Waals surface area (Å²) < 4.78 is 105. The maximum Gasteiger partial charge on any atom is 0.430 e. The molecule has 0 radical (unpaired) electrons. The summed E-state index contributed by atoms with van der Waals surface area (Å²) in [6.07, 6.45) is -12.2. The number of nitrogens with one attached hydrogen (secondary N) is 1. The van der Waals surface area contributed by atoms with Crippen LogP contribution in [0, 0.1) is 0 Å². The monoisotopic (exact) mass is 470 g/mol. The highest BCUT2D eigenvalue weighted by atomic mass is 32.2. The number of benzene rings is 2. The Balaban J connectivity index is 2.66. The first-order valence-corrected chi connectivity index (χ1v) is 9.84. The minimum absolute atomic E-state index is 0.140. The van der Waals surface area contributed by atoms with E-state index in [1.807, 2.05) is 4.72 Å². The average Bonchev–Trinajstić information content (AvgIpc) is 2.66. The Morgan fingerprint density at radius 2 is 1.45 bits per heavy atom. The van der Waals surface area contributed by atoms with E-state index in [1.165, 1.54) is 18.2 Å². The van der Waals surface area contributed by atoms with Crippen LogP contribution < -0.4 is 10.5 Å². The number of carbonyl (C=O) groups is 1. The van der Waals surface area contributed by atoms with Crippen molar-refractivity contribution < 1.29 is 44.7 Å². The van der Waals surface area contributed by atoms with Gasteiger partial charge in [-0.15, -0.1) is 0 Å². The highest BCUT2D eigenvalue weighted by Crippen LogP contribution is 2.50. The van der Waals surface area contributed by atoms with Crippen molar-refractivity contribution in [3.8, 4) is 0 Å². The first-order chi connectivity index (χ1) is 14.1. The van der Waals surface area contributed by atoms with E-state index in [9.17, 15) is 44.7 Å². The lowest BCUT2D eigenvalue weighted by Gasteiger charge is -2.32. The van der Waals surface area contributed by atoms with Crippen molar-refractivity contribution in [2.45, 2.75) is 28.8 Å². The van der Waals surface area contributed by atoms with Gasteiger partial charge in [0.1, 0.15) is 0 Å². The molecule has 0 aromatic heterocycles. The smallest absolute Gasteiger partial charge is 0.369 e. The summed E-state index contributed by atoms with van der Waals surface area (Å²) in [6, 6.07) is 7.27. The fourth-order valence-corrected chi connectivity index (χ4v) is 3.95. The van der Waals surface area contributed by atoms with Gasteiger partial charge in [0.2, 0.25) is 15.9 Å². The molecule has 1 unspecified atom stereocenters. The molecule has 0 spiro atoms.